The lowest BCUT2D eigenvalue weighted by Gasteiger charge is -2.07. The maximum absolute atomic E-state index is 13.2. The van der Waals surface area contributed by atoms with Crippen molar-refractivity contribution in [1.29, 1.82) is 0 Å². The normalized spacial score (nSPS) is 10.1. The summed E-state index contributed by atoms with van der Waals surface area (Å²) >= 11 is 0. The van der Waals surface area contributed by atoms with Gasteiger partial charge >= 0.3 is 0 Å². The van der Waals surface area contributed by atoms with E-state index in [1.54, 1.807) is 0 Å². The van der Waals surface area contributed by atoms with Gasteiger partial charge in [-0.2, -0.15) is 0 Å². The molecule has 0 aliphatic rings. The first-order valence-electron chi connectivity index (χ1n) is 4.48. The van der Waals surface area contributed by atoms with Crippen molar-refractivity contribution in [3.63, 3.8) is 0 Å². The molecular weight excluding hydrogens is 202 g/mol. The van der Waals surface area contributed by atoms with Crippen LogP contribution in [-0.2, 0) is 4.79 Å². The molecule has 0 bridgehead atoms. The molecule has 15 heavy (non-hydrogen) atoms. The fourth-order valence-corrected chi connectivity index (χ4v) is 1.10. The van der Waals surface area contributed by atoms with Crippen molar-refractivity contribution >= 4 is 11.6 Å². The van der Waals surface area contributed by atoms with Crippen molar-refractivity contribution in [2.45, 2.75) is 13.3 Å². The Kier molecular flexibility index (Phi) is 3.60. The van der Waals surface area contributed by atoms with E-state index in [-0.39, 0.29) is 24.2 Å². The molecule has 0 unspecified atom stereocenters. The molecule has 1 rings (SSSR count). The van der Waals surface area contributed by atoms with Gasteiger partial charge in [-0.1, -0.05) is 0 Å². The van der Waals surface area contributed by atoms with E-state index in [1.807, 2.05) is 0 Å². The number of carbonyl (C=O) groups excluding carboxylic acids is 1. The van der Waals surface area contributed by atoms with Gasteiger partial charge in [0, 0.05) is 19.0 Å². The van der Waals surface area contributed by atoms with Crippen LogP contribution in [-0.4, -0.2) is 12.5 Å². The Bertz CT molecular complexity index is 380. The molecule has 0 saturated heterocycles. The van der Waals surface area contributed by atoms with E-state index < -0.39 is 17.5 Å². The Morgan fingerprint density at radius 1 is 1.40 bits per heavy atom. The number of hydrogen-bond donors (Lipinski definition) is 2. The van der Waals surface area contributed by atoms with Crippen LogP contribution in [0, 0.1) is 18.6 Å². The molecule has 0 atom stereocenters. The van der Waals surface area contributed by atoms with Crippen molar-refractivity contribution in [2.75, 3.05) is 11.9 Å². The first kappa shape index (κ1) is 11.4. The minimum absolute atomic E-state index is 0.0411. The summed E-state index contributed by atoms with van der Waals surface area (Å²) in [6.07, 6.45) is 0.0783. The highest BCUT2D eigenvalue weighted by atomic mass is 19.1. The van der Waals surface area contributed by atoms with Crippen molar-refractivity contribution in [3.05, 3.63) is 29.3 Å². The average molecular weight is 214 g/mol. The molecule has 0 heterocycles. The standard InChI is InChI=1S/C10H12F2N2O/c1-6-4-8(12)9(5-7(6)11)14-3-2-10(13)15/h4-5,14H,2-3H2,1H3,(H2,13,15). The Labute approximate surface area is 86.3 Å². The average Bonchev–Trinajstić information content (AvgIpc) is 2.13. The molecule has 0 aromatic heterocycles. The lowest BCUT2D eigenvalue weighted by atomic mass is 10.2. The van der Waals surface area contributed by atoms with Crippen molar-refractivity contribution < 1.29 is 13.6 Å². The van der Waals surface area contributed by atoms with Crippen molar-refractivity contribution in [3.8, 4) is 0 Å². The van der Waals surface area contributed by atoms with Gasteiger partial charge in [-0.3, -0.25) is 4.79 Å². The quantitative estimate of drug-likeness (QED) is 0.799. The zero-order valence-corrected chi connectivity index (χ0v) is 8.31. The number of benzene rings is 1. The zero-order chi connectivity index (χ0) is 11.4. The second-order valence-corrected chi connectivity index (χ2v) is 3.22. The topological polar surface area (TPSA) is 55.1 Å². The third-order valence-electron chi connectivity index (χ3n) is 1.94. The van der Waals surface area contributed by atoms with Crippen LogP contribution in [0.3, 0.4) is 0 Å². The Morgan fingerprint density at radius 3 is 2.67 bits per heavy atom. The van der Waals surface area contributed by atoms with Crippen molar-refractivity contribution in [1.82, 2.24) is 0 Å². The third kappa shape index (κ3) is 3.19. The highest BCUT2D eigenvalue weighted by molar-refractivity contribution is 5.74. The predicted molar refractivity (Wildman–Crippen MR) is 53.4 cm³/mol. The van der Waals surface area contributed by atoms with E-state index in [0.29, 0.717) is 0 Å². The van der Waals surface area contributed by atoms with Gasteiger partial charge in [-0.25, -0.2) is 8.78 Å². The lowest BCUT2D eigenvalue weighted by molar-refractivity contribution is -0.117. The van der Waals surface area contributed by atoms with E-state index in [4.69, 9.17) is 5.73 Å². The van der Waals surface area contributed by atoms with Crippen LogP contribution in [0.15, 0.2) is 12.1 Å². The third-order valence-corrected chi connectivity index (χ3v) is 1.94. The summed E-state index contributed by atoms with van der Waals surface area (Å²) in [6, 6.07) is 2.16. The molecule has 0 spiro atoms. The number of rotatable bonds is 4. The molecule has 1 amide bonds. The maximum atomic E-state index is 13.2. The summed E-state index contributed by atoms with van der Waals surface area (Å²) in [4.78, 5) is 10.4. The smallest absolute Gasteiger partial charge is 0.219 e. The summed E-state index contributed by atoms with van der Waals surface area (Å²) < 4.78 is 26.3. The van der Waals surface area contributed by atoms with E-state index in [2.05, 4.69) is 5.32 Å². The summed E-state index contributed by atoms with van der Waals surface area (Å²) in [7, 11) is 0. The largest absolute Gasteiger partial charge is 0.382 e. The number of nitrogens with two attached hydrogens (primary N) is 1. The van der Waals surface area contributed by atoms with Crippen LogP contribution >= 0.6 is 0 Å². The second-order valence-electron chi connectivity index (χ2n) is 3.22. The van der Waals surface area contributed by atoms with Gasteiger partial charge in [0.25, 0.3) is 0 Å². The summed E-state index contributed by atoms with van der Waals surface area (Å²) in [5.74, 6) is -1.52. The first-order valence-corrected chi connectivity index (χ1v) is 4.48. The van der Waals surface area contributed by atoms with E-state index >= 15 is 0 Å². The number of carbonyl (C=O) groups is 1. The molecule has 0 radical (unpaired) electrons. The van der Waals surface area contributed by atoms with Crippen LogP contribution in [0.25, 0.3) is 0 Å². The van der Waals surface area contributed by atoms with E-state index in [1.165, 1.54) is 6.92 Å². The predicted octanol–water partition coefficient (Wildman–Crippen LogP) is 1.56. The van der Waals surface area contributed by atoms with Gasteiger partial charge in [0.15, 0.2) is 0 Å². The van der Waals surface area contributed by atoms with Crippen LogP contribution in [0.1, 0.15) is 12.0 Å². The van der Waals surface area contributed by atoms with Gasteiger partial charge in [0.1, 0.15) is 11.6 Å². The van der Waals surface area contributed by atoms with Crippen LogP contribution in [0.5, 0.6) is 0 Å². The SMILES string of the molecule is Cc1cc(F)c(NCCC(N)=O)cc1F. The minimum Gasteiger partial charge on any atom is -0.382 e. The van der Waals surface area contributed by atoms with Gasteiger partial charge < -0.3 is 11.1 Å². The number of aryl methyl sites for hydroxylation is 1. The molecule has 0 saturated carbocycles. The van der Waals surface area contributed by atoms with Gasteiger partial charge in [-0.05, 0) is 18.6 Å². The Morgan fingerprint density at radius 2 is 2.07 bits per heavy atom. The van der Waals surface area contributed by atoms with Crippen LogP contribution in [0.4, 0.5) is 14.5 Å². The van der Waals surface area contributed by atoms with Crippen LogP contribution in [0.2, 0.25) is 0 Å². The van der Waals surface area contributed by atoms with Crippen molar-refractivity contribution in [2.24, 2.45) is 5.73 Å². The molecule has 0 aliphatic carbocycles. The van der Waals surface area contributed by atoms with Crippen LogP contribution < -0.4 is 11.1 Å². The number of halogens is 2. The van der Waals surface area contributed by atoms with Gasteiger partial charge in [0.05, 0.1) is 5.69 Å². The maximum Gasteiger partial charge on any atom is 0.219 e. The molecule has 0 aliphatic heterocycles. The number of hydrogen-bond acceptors (Lipinski definition) is 2. The fraction of sp³-hybridized carbons (Fsp3) is 0.300. The molecule has 3 N–H and O–H groups in total. The molecule has 0 fully saturated rings. The number of amides is 1. The molecule has 82 valence electrons. The monoisotopic (exact) mass is 214 g/mol. The summed E-state index contributed by atoms with van der Waals surface area (Å²) in [5.41, 5.74) is 5.19. The molecule has 3 nitrogen and oxygen atoms in total. The molecule has 5 heteroatoms. The number of primary amides is 1. The van der Waals surface area contributed by atoms with Gasteiger partial charge in [0.2, 0.25) is 5.91 Å². The highest BCUT2D eigenvalue weighted by Crippen LogP contribution is 2.18. The Hall–Kier alpha value is -1.65. The highest BCUT2D eigenvalue weighted by Gasteiger charge is 2.06. The number of anilines is 1. The van der Waals surface area contributed by atoms with E-state index in [9.17, 15) is 13.6 Å². The first-order chi connectivity index (χ1) is 7.00. The molecule has 1 aromatic rings. The minimum atomic E-state index is -0.543. The lowest BCUT2D eigenvalue weighted by Crippen LogP contribution is -2.16. The van der Waals surface area contributed by atoms with Gasteiger partial charge in [-0.15, -0.1) is 0 Å². The number of nitrogens with one attached hydrogen (secondary N) is 1. The summed E-state index contributed by atoms with van der Waals surface area (Å²) in [6.45, 7) is 1.67. The molecular formula is C10H12F2N2O. The summed E-state index contributed by atoms with van der Waals surface area (Å²) in [5, 5.41) is 2.60. The Balaban J connectivity index is 2.69. The molecule has 1 aromatic carbocycles. The zero-order valence-electron chi connectivity index (χ0n) is 8.31. The second kappa shape index (κ2) is 4.72. The fourth-order valence-electron chi connectivity index (χ4n) is 1.10. The van der Waals surface area contributed by atoms with E-state index in [0.717, 1.165) is 12.1 Å².